The van der Waals surface area contributed by atoms with Gasteiger partial charge in [-0.15, -0.1) is 0 Å². The maximum Gasteiger partial charge on any atom is 0.151 e. The van der Waals surface area contributed by atoms with Gasteiger partial charge in [0.15, 0.2) is 6.29 Å². The summed E-state index contributed by atoms with van der Waals surface area (Å²) in [4.78, 5) is 10.9. The summed E-state index contributed by atoms with van der Waals surface area (Å²) < 4.78 is 0. The van der Waals surface area contributed by atoms with Crippen molar-refractivity contribution in [1.29, 1.82) is 0 Å². The molecular formula is C15H8Cl2O. The summed E-state index contributed by atoms with van der Waals surface area (Å²) in [7, 11) is 0. The molecule has 0 spiro atoms. The van der Waals surface area contributed by atoms with Crippen molar-refractivity contribution in [1.82, 2.24) is 0 Å². The first-order valence-corrected chi connectivity index (χ1v) is 6.22. The molecule has 0 saturated heterocycles. The summed E-state index contributed by atoms with van der Waals surface area (Å²) in [5.74, 6) is 0. The Morgan fingerprint density at radius 3 is 2.50 bits per heavy atom. The highest BCUT2D eigenvalue weighted by Gasteiger charge is 2.11. The van der Waals surface area contributed by atoms with Gasteiger partial charge in [-0.05, 0) is 28.3 Å². The van der Waals surface area contributed by atoms with Gasteiger partial charge in [-0.3, -0.25) is 4.79 Å². The number of benzene rings is 3. The lowest BCUT2D eigenvalue weighted by molar-refractivity contribution is 0.112. The zero-order valence-corrected chi connectivity index (χ0v) is 10.8. The van der Waals surface area contributed by atoms with Crippen molar-refractivity contribution in [3.05, 3.63) is 58.1 Å². The second kappa shape index (κ2) is 4.27. The Hall–Kier alpha value is -1.57. The van der Waals surface area contributed by atoms with Crippen molar-refractivity contribution < 1.29 is 4.79 Å². The van der Waals surface area contributed by atoms with Crippen LogP contribution >= 0.6 is 23.2 Å². The molecule has 18 heavy (non-hydrogen) atoms. The quantitative estimate of drug-likeness (QED) is 0.445. The van der Waals surface area contributed by atoms with E-state index in [0.29, 0.717) is 15.6 Å². The Kier molecular flexibility index (Phi) is 2.73. The average molecular weight is 275 g/mol. The fourth-order valence-corrected chi connectivity index (χ4v) is 2.89. The summed E-state index contributed by atoms with van der Waals surface area (Å²) in [6, 6.07) is 13.4. The highest BCUT2D eigenvalue weighted by Crippen LogP contribution is 2.37. The molecule has 0 aromatic heterocycles. The molecule has 0 amide bonds. The fourth-order valence-electron chi connectivity index (χ4n) is 2.22. The van der Waals surface area contributed by atoms with Gasteiger partial charge < -0.3 is 0 Å². The monoisotopic (exact) mass is 274 g/mol. The first-order valence-electron chi connectivity index (χ1n) is 5.47. The predicted molar refractivity (Wildman–Crippen MR) is 76.9 cm³/mol. The molecule has 3 aromatic carbocycles. The van der Waals surface area contributed by atoms with Crippen LogP contribution in [0.25, 0.3) is 21.5 Å². The third-order valence-corrected chi connectivity index (χ3v) is 3.78. The van der Waals surface area contributed by atoms with E-state index < -0.39 is 0 Å². The SMILES string of the molecule is O=Cc1ccc2c(c(Cl)cc3ccccc32)c1Cl. The van der Waals surface area contributed by atoms with E-state index in [-0.39, 0.29) is 0 Å². The number of hydrogen-bond donors (Lipinski definition) is 0. The molecule has 0 N–H and O–H groups in total. The number of fused-ring (bicyclic) bond motifs is 3. The second-order valence-corrected chi connectivity index (χ2v) is 4.87. The number of aldehydes is 1. The van der Waals surface area contributed by atoms with Gasteiger partial charge in [-0.1, -0.05) is 53.5 Å². The van der Waals surface area contributed by atoms with Crippen LogP contribution in [0.3, 0.4) is 0 Å². The smallest absolute Gasteiger partial charge is 0.151 e. The second-order valence-electron chi connectivity index (χ2n) is 4.09. The van der Waals surface area contributed by atoms with Crippen molar-refractivity contribution in [2.45, 2.75) is 0 Å². The predicted octanol–water partition coefficient (Wildman–Crippen LogP) is 5.11. The Morgan fingerprint density at radius 2 is 1.72 bits per heavy atom. The molecule has 0 atom stereocenters. The van der Waals surface area contributed by atoms with Crippen LogP contribution in [0.15, 0.2) is 42.5 Å². The lowest BCUT2D eigenvalue weighted by atomic mass is 10.0. The summed E-state index contributed by atoms with van der Waals surface area (Å²) in [6.45, 7) is 0. The Bertz CT molecular complexity index is 778. The van der Waals surface area contributed by atoms with Crippen molar-refractivity contribution >= 4 is 51.0 Å². The van der Waals surface area contributed by atoms with Gasteiger partial charge in [0.1, 0.15) is 0 Å². The molecule has 0 heterocycles. The molecule has 3 rings (SSSR count). The van der Waals surface area contributed by atoms with E-state index in [1.807, 2.05) is 36.4 Å². The van der Waals surface area contributed by atoms with E-state index in [4.69, 9.17) is 23.2 Å². The van der Waals surface area contributed by atoms with Gasteiger partial charge in [0.05, 0.1) is 10.0 Å². The van der Waals surface area contributed by atoms with Crippen LogP contribution in [0.1, 0.15) is 10.4 Å². The third-order valence-electron chi connectivity index (χ3n) is 3.07. The minimum Gasteiger partial charge on any atom is -0.298 e. The van der Waals surface area contributed by atoms with E-state index in [1.54, 1.807) is 6.07 Å². The van der Waals surface area contributed by atoms with Gasteiger partial charge in [0, 0.05) is 10.9 Å². The number of halogens is 2. The normalized spacial score (nSPS) is 11.0. The zero-order valence-electron chi connectivity index (χ0n) is 9.28. The minimum atomic E-state index is 0.415. The van der Waals surface area contributed by atoms with E-state index in [9.17, 15) is 4.79 Å². The largest absolute Gasteiger partial charge is 0.298 e. The van der Waals surface area contributed by atoms with Gasteiger partial charge in [0.2, 0.25) is 0 Å². The molecule has 1 nitrogen and oxygen atoms in total. The summed E-state index contributed by atoms with van der Waals surface area (Å²) in [5.41, 5.74) is 0.460. The summed E-state index contributed by atoms with van der Waals surface area (Å²) in [5, 5.41) is 4.83. The maximum absolute atomic E-state index is 10.9. The average Bonchev–Trinajstić information content (AvgIpc) is 2.39. The lowest BCUT2D eigenvalue weighted by Crippen LogP contribution is -1.86. The molecule has 0 bridgehead atoms. The van der Waals surface area contributed by atoms with E-state index in [2.05, 4.69) is 0 Å². The van der Waals surface area contributed by atoms with Gasteiger partial charge in [-0.25, -0.2) is 0 Å². The van der Waals surface area contributed by atoms with Crippen LogP contribution in [0.5, 0.6) is 0 Å². The summed E-state index contributed by atoms with van der Waals surface area (Å²) >= 11 is 12.5. The molecule has 88 valence electrons. The first-order chi connectivity index (χ1) is 8.72. The third kappa shape index (κ3) is 1.59. The van der Waals surface area contributed by atoms with Crippen molar-refractivity contribution in [3.8, 4) is 0 Å². The molecule has 0 aliphatic heterocycles. The van der Waals surface area contributed by atoms with Crippen LogP contribution in [-0.4, -0.2) is 6.29 Å². The van der Waals surface area contributed by atoms with Crippen LogP contribution in [0.2, 0.25) is 10.0 Å². The standard InChI is InChI=1S/C15H8Cl2O/c16-13-7-9-3-1-2-4-11(9)12-6-5-10(8-18)15(17)14(12)13/h1-8H. The van der Waals surface area contributed by atoms with Crippen LogP contribution in [0, 0.1) is 0 Å². The van der Waals surface area contributed by atoms with Gasteiger partial charge in [-0.2, -0.15) is 0 Å². The van der Waals surface area contributed by atoms with E-state index >= 15 is 0 Å². The highest BCUT2D eigenvalue weighted by atomic mass is 35.5. The molecule has 0 radical (unpaired) electrons. The first kappa shape index (κ1) is 11.5. The van der Waals surface area contributed by atoms with Crippen molar-refractivity contribution in [2.75, 3.05) is 0 Å². The molecule has 0 unspecified atom stereocenters. The fraction of sp³-hybridized carbons (Fsp3) is 0. The molecule has 0 saturated carbocycles. The topological polar surface area (TPSA) is 17.1 Å². The minimum absolute atomic E-state index is 0.415. The molecule has 0 fully saturated rings. The molecule has 0 aliphatic rings. The van der Waals surface area contributed by atoms with Crippen LogP contribution in [0.4, 0.5) is 0 Å². The van der Waals surface area contributed by atoms with E-state index in [0.717, 1.165) is 27.8 Å². The molecule has 3 heteroatoms. The molecular weight excluding hydrogens is 267 g/mol. The lowest BCUT2D eigenvalue weighted by Gasteiger charge is -2.09. The number of hydrogen-bond acceptors (Lipinski definition) is 1. The Balaban J connectivity index is 2.59. The van der Waals surface area contributed by atoms with Crippen molar-refractivity contribution in [2.24, 2.45) is 0 Å². The number of rotatable bonds is 1. The van der Waals surface area contributed by atoms with Crippen LogP contribution < -0.4 is 0 Å². The Morgan fingerprint density at radius 1 is 0.944 bits per heavy atom. The molecule has 0 aliphatic carbocycles. The summed E-state index contributed by atoms with van der Waals surface area (Å²) in [6.07, 6.45) is 0.743. The van der Waals surface area contributed by atoms with Crippen LogP contribution in [-0.2, 0) is 0 Å². The maximum atomic E-state index is 10.9. The number of carbonyl (C=O) groups excluding carboxylic acids is 1. The van der Waals surface area contributed by atoms with Gasteiger partial charge in [0.25, 0.3) is 0 Å². The van der Waals surface area contributed by atoms with E-state index in [1.165, 1.54) is 0 Å². The van der Waals surface area contributed by atoms with Crippen molar-refractivity contribution in [3.63, 3.8) is 0 Å². The Labute approximate surface area is 114 Å². The zero-order chi connectivity index (χ0) is 12.7. The highest BCUT2D eigenvalue weighted by molar-refractivity contribution is 6.45. The molecule has 3 aromatic rings. The van der Waals surface area contributed by atoms with Gasteiger partial charge >= 0.3 is 0 Å². The number of carbonyl (C=O) groups is 1.